The molecule has 1 aliphatic heterocycles. The molecule has 0 bridgehead atoms. The molecule has 0 fully saturated rings. The molecule has 128 valence electrons. The molecule has 0 spiro atoms. The standard InChI is InChI=1S/C24H14BrNO/c1-13-11-17-14-5-2-3-8-21(14)27-24(17)18(12-13)23-16-7-4-6-15-19(25)9-10-20(26-23)22(15)16/h2-12H,1H3. The van der Waals surface area contributed by atoms with Crippen LogP contribution in [0.1, 0.15) is 16.7 Å². The summed E-state index contributed by atoms with van der Waals surface area (Å²) >= 11 is 3.67. The second-order valence-electron chi connectivity index (χ2n) is 7.04. The molecule has 2 heterocycles. The minimum Gasteiger partial charge on any atom is -0.455 e. The number of rotatable bonds is 1. The summed E-state index contributed by atoms with van der Waals surface area (Å²) in [6, 6.07) is 23.1. The van der Waals surface area contributed by atoms with Gasteiger partial charge in [0.25, 0.3) is 0 Å². The van der Waals surface area contributed by atoms with Gasteiger partial charge in [0, 0.05) is 31.8 Å². The van der Waals surface area contributed by atoms with Crippen LogP contribution in [-0.2, 0) is 0 Å². The van der Waals surface area contributed by atoms with Gasteiger partial charge in [0.05, 0.1) is 11.4 Å². The van der Waals surface area contributed by atoms with Crippen molar-refractivity contribution in [3.05, 3.63) is 87.9 Å². The van der Waals surface area contributed by atoms with E-state index >= 15 is 0 Å². The van der Waals surface area contributed by atoms with Gasteiger partial charge in [-0.1, -0.05) is 52.3 Å². The Kier molecular flexibility index (Phi) is 2.98. The second kappa shape index (κ2) is 5.30. The predicted octanol–water partition coefficient (Wildman–Crippen LogP) is 7.29. The normalized spacial score (nSPS) is 13.0. The van der Waals surface area contributed by atoms with Crippen LogP contribution >= 0.6 is 15.9 Å². The number of fused-ring (bicyclic) bond motifs is 3. The molecule has 5 aromatic rings. The predicted molar refractivity (Wildman–Crippen MR) is 115 cm³/mol. The van der Waals surface area contributed by atoms with Crippen LogP contribution in [0.3, 0.4) is 0 Å². The first-order chi connectivity index (χ1) is 13.2. The first-order valence-electron chi connectivity index (χ1n) is 8.93. The van der Waals surface area contributed by atoms with E-state index in [0.717, 1.165) is 48.9 Å². The van der Waals surface area contributed by atoms with Gasteiger partial charge in [-0.3, -0.25) is 0 Å². The maximum absolute atomic E-state index is 6.28. The molecule has 3 heteroatoms. The summed E-state index contributed by atoms with van der Waals surface area (Å²) in [5.74, 6) is 0. The van der Waals surface area contributed by atoms with Gasteiger partial charge in [0.2, 0.25) is 0 Å². The van der Waals surface area contributed by atoms with Gasteiger partial charge in [-0.05, 0) is 48.2 Å². The maximum atomic E-state index is 6.28. The van der Waals surface area contributed by atoms with Crippen LogP contribution in [0.5, 0.6) is 0 Å². The van der Waals surface area contributed by atoms with Gasteiger partial charge in [0.15, 0.2) is 0 Å². The second-order valence-corrected chi connectivity index (χ2v) is 7.90. The van der Waals surface area contributed by atoms with Crippen molar-refractivity contribution in [1.29, 1.82) is 0 Å². The van der Waals surface area contributed by atoms with E-state index in [1.807, 2.05) is 12.1 Å². The number of nitrogens with zero attached hydrogens (tertiary/aromatic N) is 1. The first kappa shape index (κ1) is 15.2. The van der Waals surface area contributed by atoms with E-state index < -0.39 is 0 Å². The zero-order chi connectivity index (χ0) is 18.1. The van der Waals surface area contributed by atoms with Crippen molar-refractivity contribution in [2.45, 2.75) is 6.92 Å². The minimum absolute atomic E-state index is 0.907. The average molecular weight is 412 g/mol. The van der Waals surface area contributed by atoms with Crippen LogP contribution in [0.4, 0.5) is 5.69 Å². The van der Waals surface area contributed by atoms with Crippen molar-refractivity contribution >= 4 is 60.0 Å². The summed E-state index contributed by atoms with van der Waals surface area (Å²) in [6.07, 6.45) is 0. The molecule has 1 aromatic heterocycles. The third-order valence-corrected chi connectivity index (χ3v) is 6.02. The van der Waals surface area contributed by atoms with Crippen LogP contribution in [0, 0.1) is 6.92 Å². The van der Waals surface area contributed by atoms with E-state index in [1.165, 1.54) is 16.3 Å². The SMILES string of the molecule is Cc1cc(C2=Nc3ccc(Br)c4cccc2c34)c2oc3ccccc3c2c1. The highest BCUT2D eigenvalue weighted by Crippen LogP contribution is 2.42. The van der Waals surface area contributed by atoms with Gasteiger partial charge in [-0.15, -0.1) is 0 Å². The summed E-state index contributed by atoms with van der Waals surface area (Å²) in [6.45, 7) is 2.13. The van der Waals surface area contributed by atoms with E-state index in [4.69, 9.17) is 9.41 Å². The largest absolute Gasteiger partial charge is 0.455 e. The molecule has 27 heavy (non-hydrogen) atoms. The van der Waals surface area contributed by atoms with Gasteiger partial charge < -0.3 is 4.42 Å². The lowest BCUT2D eigenvalue weighted by atomic mass is 9.96. The fourth-order valence-corrected chi connectivity index (χ4v) is 4.64. The molecule has 2 nitrogen and oxygen atoms in total. The van der Waals surface area contributed by atoms with Crippen molar-refractivity contribution in [3.63, 3.8) is 0 Å². The number of furan rings is 1. The van der Waals surface area contributed by atoms with E-state index in [-0.39, 0.29) is 0 Å². The van der Waals surface area contributed by atoms with Gasteiger partial charge in [-0.25, -0.2) is 4.99 Å². The maximum Gasteiger partial charge on any atom is 0.144 e. The van der Waals surface area contributed by atoms with Crippen LogP contribution in [0.2, 0.25) is 0 Å². The molecule has 0 saturated carbocycles. The van der Waals surface area contributed by atoms with E-state index in [9.17, 15) is 0 Å². The molecular formula is C24H14BrNO. The topological polar surface area (TPSA) is 25.5 Å². The van der Waals surface area contributed by atoms with Gasteiger partial charge >= 0.3 is 0 Å². The Hall–Kier alpha value is -2.91. The van der Waals surface area contributed by atoms with Gasteiger partial charge in [0.1, 0.15) is 11.2 Å². The Morgan fingerprint density at radius 1 is 0.815 bits per heavy atom. The molecule has 0 radical (unpaired) electrons. The summed E-state index contributed by atoms with van der Waals surface area (Å²) < 4.78 is 7.37. The van der Waals surface area contributed by atoms with E-state index in [1.54, 1.807) is 0 Å². The molecule has 0 aliphatic carbocycles. The average Bonchev–Trinajstić information content (AvgIpc) is 3.24. The third kappa shape index (κ3) is 2.03. The highest BCUT2D eigenvalue weighted by atomic mass is 79.9. The molecule has 0 unspecified atom stereocenters. The van der Waals surface area contributed by atoms with Gasteiger partial charge in [-0.2, -0.15) is 0 Å². The zero-order valence-corrected chi connectivity index (χ0v) is 16.2. The quantitative estimate of drug-likeness (QED) is 0.278. The molecule has 6 rings (SSSR count). The number of hydrogen-bond acceptors (Lipinski definition) is 2. The molecule has 0 N–H and O–H groups in total. The Bertz CT molecular complexity index is 1440. The Morgan fingerprint density at radius 3 is 2.59 bits per heavy atom. The molecule has 1 aliphatic rings. The van der Waals surface area contributed by atoms with Crippen molar-refractivity contribution in [1.82, 2.24) is 0 Å². The summed E-state index contributed by atoms with van der Waals surface area (Å²) in [5, 5.41) is 4.69. The molecule has 0 saturated heterocycles. The third-order valence-electron chi connectivity index (χ3n) is 5.33. The lowest BCUT2D eigenvalue weighted by molar-refractivity contribution is 0.668. The molecule has 4 aromatic carbocycles. The van der Waals surface area contributed by atoms with Crippen LogP contribution in [0.25, 0.3) is 32.7 Å². The lowest BCUT2D eigenvalue weighted by Crippen LogP contribution is -2.01. The first-order valence-corrected chi connectivity index (χ1v) is 9.72. The minimum atomic E-state index is 0.907. The number of halogens is 1. The number of benzene rings is 4. The highest BCUT2D eigenvalue weighted by molar-refractivity contribution is 9.10. The molecule has 0 atom stereocenters. The number of aryl methyl sites for hydroxylation is 1. The van der Waals surface area contributed by atoms with Crippen LogP contribution < -0.4 is 0 Å². The number of para-hydroxylation sites is 1. The van der Waals surface area contributed by atoms with Crippen molar-refractivity contribution < 1.29 is 4.42 Å². The van der Waals surface area contributed by atoms with Crippen molar-refractivity contribution in [2.75, 3.05) is 0 Å². The Balaban J connectivity index is 1.72. The van der Waals surface area contributed by atoms with Crippen molar-refractivity contribution in [2.24, 2.45) is 4.99 Å². The fourth-order valence-electron chi connectivity index (χ4n) is 4.18. The monoisotopic (exact) mass is 411 g/mol. The summed E-state index contributed by atoms with van der Waals surface area (Å²) in [4.78, 5) is 5.01. The number of hydrogen-bond donors (Lipinski definition) is 0. The van der Waals surface area contributed by atoms with Crippen molar-refractivity contribution in [3.8, 4) is 0 Å². The smallest absolute Gasteiger partial charge is 0.144 e. The molecule has 0 amide bonds. The molecular weight excluding hydrogens is 398 g/mol. The summed E-state index contributed by atoms with van der Waals surface area (Å²) in [7, 11) is 0. The number of aliphatic imine (C=N–C) groups is 1. The van der Waals surface area contributed by atoms with Crippen LogP contribution in [0.15, 0.2) is 80.6 Å². The fraction of sp³-hybridized carbons (Fsp3) is 0.0417. The Labute approximate surface area is 164 Å². The lowest BCUT2D eigenvalue weighted by Gasteiger charge is -2.07. The van der Waals surface area contributed by atoms with E-state index in [0.29, 0.717) is 0 Å². The zero-order valence-electron chi connectivity index (χ0n) is 14.6. The Morgan fingerprint density at radius 2 is 1.67 bits per heavy atom. The highest BCUT2D eigenvalue weighted by Gasteiger charge is 2.24. The van der Waals surface area contributed by atoms with Crippen LogP contribution in [-0.4, -0.2) is 5.71 Å². The van der Waals surface area contributed by atoms with E-state index in [2.05, 4.69) is 77.5 Å². The summed E-state index contributed by atoms with van der Waals surface area (Å²) in [5.41, 5.74) is 7.25.